The Morgan fingerprint density at radius 1 is 1.00 bits per heavy atom. The Morgan fingerprint density at radius 2 is 1.66 bits per heavy atom. The number of hydrogen-bond donors (Lipinski definition) is 1. The van der Waals surface area contributed by atoms with E-state index in [-0.39, 0.29) is 23.8 Å². The van der Waals surface area contributed by atoms with E-state index in [0.717, 1.165) is 25.4 Å². The van der Waals surface area contributed by atoms with Gasteiger partial charge < -0.3 is 9.64 Å². The van der Waals surface area contributed by atoms with E-state index >= 15 is 0 Å². The first-order valence-corrected chi connectivity index (χ1v) is 11.1. The van der Waals surface area contributed by atoms with Crippen LogP contribution in [-0.4, -0.2) is 64.0 Å². The highest BCUT2D eigenvalue weighted by Crippen LogP contribution is 2.14. The molecule has 8 heteroatoms. The van der Waals surface area contributed by atoms with Crippen LogP contribution in [0.25, 0.3) is 0 Å². The van der Waals surface area contributed by atoms with Crippen LogP contribution < -0.4 is 9.46 Å². The summed E-state index contributed by atoms with van der Waals surface area (Å²) in [4.78, 5) is 16.7. The molecule has 1 aliphatic rings. The van der Waals surface area contributed by atoms with Crippen molar-refractivity contribution in [1.29, 1.82) is 0 Å². The number of carbonyl (C=O) groups excluding carboxylic acids is 1. The van der Waals surface area contributed by atoms with Crippen molar-refractivity contribution in [1.82, 2.24) is 14.5 Å². The number of hydrogen-bond acceptors (Lipinski definition) is 5. The molecule has 1 N–H and O–H groups in total. The van der Waals surface area contributed by atoms with E-state index in [0.29, 0.717) is 13.1 Å². The number of sulfonamides is 1. The first kappa shape index (κ1) is 21.3. The maximum absolute atomic E-state index is 12.4. The average Bonchev–Trinajstić information content (AvgIpc) is 2.75. The van der Waals surface area contributed by atoms with Crippen LogP contribution in [0, 0.1) is 0 Å². The Labute approximate surface area is 172 Å². The molecular weight excluding hydrogens is 390 g/mol. The predicted octanol–water partition coefficient (Wildman–Crippen LogP) is 1.71. The minimum absolute atomic E-state index is 0.0233. The zero-order chi connectivity index (χ0) is 20.7. The molecule has 29 heavy (non-hydrogen) atoms. The number of benzene rings is 2. The van der Waals surface area contributed by atoms with Crippen molar-refractivity contribution in [3.8, 4) is 5.75 Å². The molecule has 0 radical (unpaired) electrons. The molecule has 2 aromatic carbocycles. The molecule has 0 saturated carbocycles. The number of nitrogens with zero attached hydrogens (tertiary/aromatic N) is 2. The average molecular weight is 418 g/mol. The summed E-state index contributed by atoms with van der Waals surface area (Å²) in [5, 5.41) is 0. The molecule has 0 atom stereocenters. The van der Waals surface area contributed by atoms with Gasteiger partial charge in [0.1, 0.15) is 5.75 Å². The van der Waals surface area contributed by atoms with Crippen molar-refractivity contribution in [3.63, 3.8) is 0 Å². The number of rotatable bonds is 8. The normalized spacial score (nSPS) is 15.3. The van der Waals surface area contributed by atoms with E-state index in [9.17, 15) is 13.2 Å². The van der Waals surface area contributed by atoms with Gasteiger partial charge in [-0.1, -0.05) is 30.3 Å². The Morgan fingerprint density at radius 3 is 2.28 bits per heavy atom. The van der Waals surface area contributed by atoms with Crippen molar-refractivity contribution < 1.29 is 17.9 Å². The Balaban J connectivity index is 1.40. The molecule has 0 bridgehead atoms. The summed E-state index contributed by atoms with van der Waals surface area (Å²) in [5.41, 5.74) is 1.21. The SMILES string of the molecule is COc1ccc(CN2CCN(C(=O)CCNS(=O)(=O)c3ccccc3)CC2)cc1. The molecular formula is C21H27N3O4S. The van der Waals surface area contributed by atoms with Crippen LogP contribution in [0.5, 0.6) is 5.75 Å². The second kappa shape index (κ2) is 9.87. The number of ether oxygens (including phenoxy) is 1. The van der Waals surface area contributed by atoms with Gasteiger partial charge in [0.25, 0.3) is 0 Å². The second-order valence-corrected chi connectivity index (χ2v) is 8.73. The maximum atomic E-state index is 12.4. The molecule has 1 fully saturated rings. The third-order valence-electron chi connectivity index (χ3n) is 4.97. The van der Waals surface area contributed by atoms with Gasteiger partial charge in [0, 0.05) is 45.7 Å². The summed E-state index contributed by atoms with van der Waals surface area (Å²) in [6.45, 7) is 3.84. The largest absolute Gasteiger partial charge is 0.497 e. The van der Waals surface area contributed by atoms with Crippen molar-refractivity contribution >= 4 is 15.9 Å². The van der Waals surface area contributed by atoms with Crippen molar-refractivity contribution in [3.05, 3.63) is 60.2 Å². The van der Waals surface area contributed by atoms with E-state index in [4.69, 9.17) is 4.74 Å². The summed E-state index contributed by atoms with van der Waals surface area (Å²) < 4.78 is 32.1. The lowest BCUT2D eigenvalue weighted by Gasteiger charge is -2.34. The Hall–Kier alpha value is -2.42. The van der Waals surface area contributed by atoms with Crippen LogP contribution in [0.2, 0.25) is 0 Å². The van der Waals surface area contributed by atoms with Crippen LogP contribution in [0.3, 0.4) is 0 Å². The van der Waals surface area contributed by atoms with Crippen LogP contribution >= 0.6 is 0 Å². The molecule has 1 saturated heterocycles. The minimum atomic E-state index is -3.57. The van der Waals surface area contributed by atoms with Crippen molar-refractivity contribution in [2.45, 2.75) is 17.9 Å². The fraction of sp³-hybridized carbons (Fsp3) is 0.381. The lowest BCUT2D eigenvalue weighted by atomic mass is 10.2. The van der Waals surface area contributed by atoms with Gasteiger partial charge in [0.15, 0.2) is 0 Å². The molecule has 0 aromatic heterocycles. The zero-order valence-corrected chi connectivity index (χ0v) is 17.4. The van der Waals surface area contributed by atoms with Crippen LogP contribution in [-0.2, 0) is 21.4 Å². The van der Waals surface area contributed by atoms with E-state index in [1.54, 1.807) is 30.2 Å². The van der Waals surface area contributed by atoms with Gasteiger partial charge in [-0.2, -0.15) is 0 Å². The molecule has 0 spiro atoms. The zero-order valence-electron chi connectivity index (χ0n) is 16.6. The molecule has 1 aliphatic heterocycles. The molecule has 156 valence electrons. The van der Waals surface area contributed by atoms with Crippen molar-refractivity contribution in [2.24, 2.45) is 0 Å². The monoisotopic (exact) mass is 417 g/mol. The van der Waals surface area contributed by atoms with Gasteiger partial charge in [0.2, 0.25) is 15.9 Å². The number of methoxy groups -OCH3 is 1. The first-order chi connectivity index (χ1) is 14.0. The summed E-state index contributed by atoms with van der Waals surface area (Å²) in [7, 11) is -1.92. The van der Waals surface area contributed by atoms with Crippen molar-refractivity contribution in [2.75, 3.05) is 39.8 Å². The molecule has 0 aliphatic carbocycles. The molecule has 7 nitrogen and oxygen atoms in total. The smallest absolute Gasteiger partial charge is 0.240 e. The summed E-state index contributed by atoms with van der Waals surface area (Å²) in [5.74, 6) is 0.817. The van der Waals surface area contributed by atoms with Gasteiger partial charge >= 0.3 is 0 Å². The van der Waals surface area contributed by atoms with E-state index < -0.39 is 10.0 Å². The van der Waals surface area contributed by atoms with E-state index in [1.165, 1.54) is 17.7 Å². The Kier molecular flexibility index (Phi) is 7.24. The number of piperazine rings is 1. The number of carbonyl (C=O) groups is 1. The van der Waals surface area contributed by atoms with Gasteiger partial charge in [-0.3, -0.25) is 9.69 Å². The summed E-state index contributed by atoms with van der Waals surface area (Å²) in [6, 6.07) is 16.2. The quantitative estimate of drug-likeness (QED) is 0.707. The summed E-state index contributed by atoms with van der Waals surface area (Å²) in [6.07, 6.45) is 0.157. The second-order valence-electron chi connectivity index (χ2n) is 6.97. The third kappa shape index (κ3) is 6.03. The van der Waals surface area contributed by atoms with Gasteiger partial charge in [-0.05, 0) is 29.8 Å². The Bertz CT molecular complexity index is 893. The molecule has 1 heterocycles. The van der Waals surface area contributed by atoms with Gasteiger partial charge in [-0.25, -0.2) is 13.1 Å². The topological polar surface area (TPSA) is 79.0 Å². The fourth-order valence-corrected chi connectivity index (χ4v) is 4.33. The van der Waals surface area contributed by atoms with Crippen LogP contribution in [0.15, 0.2) is 59.5 Å². The van der Waals surface area contributed by atoms with Crippen LogP contribution in [0.1, 0.15) is 12.0 Å². The lowest BCUT2D eigenvalue weighted by Crippen LogP contribution is -2.48. The highest BCUT2D eigenvalue weighted by Gasteiger charge is 2.21. The summed E-state index contributed by atoms with van der Waals surface area (Å²) >= 11 is 0. The molecule has 1 amide bonds. The minimum Gasteiger partial charge on any atom is -0.497 e. The maximum Gasteiger partial charge on any atom is 0.240 e. The van der Waals surface area contributed by atoms with Gasteiger partial charge in [0.05, 0.1) is 12.0 Å². The third-order valence-corrected chi connectivity index (χ3v) is 6.45. The number of nitrogens with one attached hydrogen (secondary N) is 1. The molecule has 0 unspecified atom stereocenters. The lowest BCUT2D eigenvalue weighted by molar-refractivity contribution is -0.132. The first-order valence-electron chi connectivity index (χ1n) is 9.66. The predicted molar refractivity (Wildman–Crippen MR) is 111 cm³/mol. The van der Waals surface area contributed by atoms with E-state index in [2.05, 4.69) is 21.8 Å². The van der Waals surface area contributed by atoms with Gasteiger partial charge in [-0.15, -0.1) is 0 Å². The fourth-order valence-electron chi connectivity index (χ4n) is 3.28. The molecule has 2 aromatic rings. The standard InChI is InChI=1S/C21H27N3O4S/c1-28-19-9-7-18(8-10-19)17-23-13-15-24(16-14-23)21(25)11-12-22-29(26,27)20-5-3-2-4-6-20/h2-10,22H,11-17H2,1H3. The van der Waals surface area contributed by atoms with Crippen LogP contribution in [0.4, 0.5) is 0 Å². The highest BCUT2D eigenvalue weighted by atomic mass is 32.2. The molecule has 3 rings (SSSR count). The van der Waals surface area contributed by atoms with E-state index in [1.807, 2.05) is 12.1 Å². The number of amides is 1. The highest BCUT2D eigenvalue weighted by molar-refractivity contribution is 7.89.